The first-order valence-corrected chi connectivity index (χ1v) is 8.43. The zero-order chi connectivity index (χ0) is 18.5. The number of hydrogen-bond donors (Lipinski definition) is 1. The van der Waals surface area contributed by atoms with Crippen molar-refractivity contribution in [2.75, 3.05) is 6.26 Å². The zero-order valence-corrected chi connectivity index (χ0v) is 13.9. The van der Waals surface area contributed by atoms with Gasteiger partial charge in [0.1, 0.15) is 11.9 Å². The summed E-state index contributed by atoms with van der Waals surface area (Å²) in [4.78, 5) is 18.6. The molecule has 2 heterocycles. The maximum absolute atomic E-state index is 13.6. The summed E-state index contributed by atoms with van der Waals surface area (Å²) in [6, 6.07) is 1.53. The van der Waals surface area contributed by atoms with Crippen LogP contribution in [0, 0.1) is 17.5 Å². The molecule has 3 rings (SSSR count). The second kappa shape index (κ2) is 6.05. The molecule has 1 atom stereocenters. The van der Waals surface area contributed by atoms with Crippen molar-refractivity contribution in [3.8, 4) is 11.3 Å². The number of aromatic amines is 1. The molecule has 1 aromatic carbocycles. The lowest BCUT2D eigenvalue weighted by Gasteiger charge is -2.07. The molecule has 0 saturated carbocycles. The lowest BCUT2D eigenvalue weighted by molar-refractivity contribution is 0.447. The molecule has 0 amide bonds. The molecule has 3 aromatic rings. The summed E-state index contributed by atoms with van der Waals surface area (Å²) in [5, 5.41) is 3.87. The van der Waals surface area contributed by atoms with E-state index in [1.54, 1.807) is 6.92 Å². The first kappa shape index (κ1) is 17.2. The summed E-state index contributed by atoms with van der Waals surface area (Å²) in [5.41, 5.74) is -0.359. The number of hydrogen-bond acceptors (Lipinski definition) is 4. The van der Waals surface area contributed by atoms with Gasteiger partial charge in [-0.3, -0.25) is 9.78 Å². The summed E-state index contributed by atoms with van der Waals surface area (Å²) in [6.07, 6.45) is 1.30. The number of aromatic nitrogens is 4. The summed E-state index contributed by atoms with van der Waals surface area (Å²) < 4.78 is 53.2. The van der Waals surface area contributed by atoms with Gasteiger partial charge < -0.3 is 4.55 Å². The van der Waals surface area contributed by atoms with E-state index in [0.29, 0.717) is 5.57 Å². The predicted octanol–water partition coefficient (Wildman–Crippen LogP) is 2.27. The molecule has 2 aromatic heterocycles. The first-order chi connectivity index (χ1) is 11.7. The molecule has 6 nitrogen and oxygen atoms in total. The Bertz CT molecular complexity index is 1050. The molecule has 1 N–H and O–H groups in total. The van der Waals surface area contributed by atoms with Crippen LogP contribution in [0.2, 0.25) is 0 Å². The van der Waals surface area contributed by atoms with Crippen molar-refractivity contribution >= 4 is 22.4 Å². The molecule has 10 heteroatoms. The largest absolute Gasteiger partial charge is 0.609 e. The molecule has 25 heavy (non-hydrogen) atoms. The molecule has 0 spiro atoms. The first-order valence-electron chi connectivity index (χ1n) is 6.88. The van der Waals surface area contributed by atoms with Crippen LogP contribution in [0.4, 0.5) is 13.2 Å². The van der Waals surface area contributed by atoms with E-state index in [2.05, 4.69) is 21.6 Å². The molecular weight excluding hydrogens is 357 g/mol. The Morgan fingerprint density at radius 3 is 2.44 bits per heavy atom. The number of fused-ring (bicyclic) bond motifs is 1. The minimum absolute atomic E-state index is 0.0399. The molecule has 130 valence electrons. The molecular formula is C15H11F3N4O2S. The minimum atomic E-state index is -1.62. The molecule has 0 fully saturated rings. The minimum Gasteiger partial charge on any atom is -0.609 e. The fraction of sp³-hybridized carbons (Fsp3) is 0.133. The number of allylic oxidation sites excluding steroid dienone is 1. The highest BCUT2D eigenvalue weighted by Crippen LogP contribution is 2.30. The van der Waals surface area contributed by atoms with Crippen molar-refractivity contribution in [2.45, 2.75) is 12.1 Å². The number of rotatable bonds is 3. The molecule has 0 saturated heterocycles. The van der Waals surface area contributed by atoms with E-state index in [1.165, 1.54) is 6.26 Å². The standard InChI is InChI=1S/C15H11F3N4O2S/c1-6(2)11-12(7-4-8(16)10(18)9(17)5-7)22-13(19-11)14(23)20-15(21-22)25(3)24/h4-5H,1H2,2-3H3,(H,20,21,23). The van der Waals surface area contributed by atoms with Crippen molar-refractivity contribution in [2.24, 2.45) is 0 Å². The SMILES string of the molecule is C=C(C)c1nc2c(=O)[nH]c([S+](C)[O-])nn2c1-c1cc(F)c(F)c(F)c1. The van der Waals surface area contributed by atoms with E-state index in [0.717, 1.165) is 16.6 Å². The third kappa shape index (κ3) is 2.83. The quantitative estimate of drug-likeness (QED) is 0.568. The summed E-state index contributed by atoms with van der Waals surface area (Å²) in [6.45, 7) is 5.30. The second-order valence-corrected chi connectivity index (χ2v) is 6.59. The van der Waals surface area contributed by atoms with E-state index in [4.69, 9.17) is 0 Å². The van der Waals surface area contributed by atoms with Gasteiger partial charge in [0.05, 0.1) is 5.69 Å². The average Bonchev–Trinajstić information content (AvgIpc) is 2.92. The van der Waals surface area contributed by atoms with E-state index < -0.39 is 34.2 Å². The van der Waals surface area contributed by atoms with Crippen LogP contribution in [0.3, 0.4) is 0 Å². The zero-order valence-electron chi connectivity index (χ0n) is 13.1. The van der Waals surface area contributed by atoms with Crippen molar-refractivity contribution in [1.29, 1.82) is 0 Å². The smallest absolute Gasteiger partial charge is 0.340 e. The van der Waals surface area contributed by atoms with Crippen molar-refractivity contribution in [3.63, 3.8) is 0 Å². The summed E-state index contributed by atoms with van der Waals surface area (Å²) in [7, 11) is 0. The number of halogens is 3. The Morgan fingerprint density at radius 2 is 1.92 bits per heavy atom. The third-order valence-electron chi connectivity index (χ3n) is 3.40. The van der Waals surface area contributed by atoms with Gasteiger partial charge in [0.2, 0.25) is 5.65 Å². The van der Waals surface area contributed by atoms with Gasteiger partial charge in [0.25, 0.3) is 5.56 Å². The molecule has 1 unspecified atom stereocenters. The fourth-order valence-corrected chi connectivity index (χ4v) is 2.74. The van der Waals surface area contributed by atoms with Gasteiger partial charge in [-0.1, -0.05) is 11.7 Å². The maximum atomic E-state index is 13.6. The summed E-state index contributed by atoms with van der Waals surface area (Å²) in [5.74, 6) is -4.42. The highest BCUT2D eigenvalue weighted by molar-refractivity contribution is 7.90. The van der Waals surface area contributed by atoms with Gasteiger partial charge in [-0.15, -0.1) is 0 Å². The van der Waals surface area contributed by atoms with Crippen LogP contribution in [0.1, 0.15) is 12.6 Å². The number of nitrogens with zero attached hydrogens (tertiary/aromatic N) is 3. The molecule has 0 bridgehead atoms. The number of imidazole rings is 1. The third-order valence-corrected chi connectivity index (χ3v) is 4.13. The van der Waals surface area contributed by atoms with Gasteiger partial charge in [-0.2, -0.15) is 0 Å². The Labute approximate surface area is 142 Å². The fourth-order valence-electron chi connectivity index (χ4n) is 2.30. The van der Waals surface area contributed by atoms with E-state index in [9.17, 15) is 22.5 Å². The number of H-pyrrole nitrogens is 1. The number of nitrogens with one attached hydrogen (secondary N) is 1. The van der Waals surface area contributed by atoms with Gasteiger partial charge >= 0.3 is 5.16 Å². The summed E-state index contributed by atoms with van der Waals surface area (Å²) >= 11 is -1.62. The highest BCUT2D eigenvalue weighted by Gasteiger charge is 2.23. The molecule has 0 aliphatic rings. The van der Waals surface area contributed by atoms with E-state index in [-0.39, 0.29) is 27.8 Å². The van der Waals surface area contributed by atoms with Gasteiger partial charge in [0.15, 0.2) is 17.5 Å². The normalized spacial score (nSPS) is 12.6. The maximum Gasteiger partial charge on any atom is 0.340 e. The Kier molecular flexibility index (Phi) is 4.17. The van der Waals surface area contributed by atoms with Gasteiger partial charge in [-0.25, -0.2) is 22.7 Å². The highest BCUT2D eigenvalue weighted by atomic mass is 32.2. The van der Waals surface area contributed by atoms with E-state index >= 15 is 0 Å². The van der Waals surface area contributed by atoms with Crippen LogP contribution in [-0.4, -0.2) is 30.4 Å². The predicted molar refractivity (Wildman–Crippen MR) is 86.0 cm³/mol. The Hall–Kier alpha value is -2.59. The van der Waals surface area contributed by atoms with E-state index in [1.807, 2.05) is 0 Å². The topological polar surface area (TPSA) is 86.1 Å². The number of benzene rings is 1. The average molecular weight is 368 g/mol. The van der Waals surface area contributed by atoms with Crippen LogP contribution in [0.5, 0.6) is 0 Å². The van der Waals surface area contributed by atoms with Crippen LogP contribution in [0.15, 0.2) is 28.7 Å². The molecule has 0 aliphatic carbocycles. The van der Waals surface area contributed by atoms with Gasteiger partial charge in [-0.05, 0) is 24.6 Å². The Morgan fingerprint density at radius 1 is 1.32 bits per heavy atom. The van der Waals surface area contributed by atoms with Crippen LogP contribution >= 0.6 is 0 Å². The van der Waals surface area contributed by atoms with Crippen LogP contribution < -0.4 is 5.56 Å². The lowest BCUT2D eigenvalue weighted by atomic mass is 10.1. The lowest BCUT2D eigenvalue weighted by Crippen LogP contribution is -2.19. The van der Waals surface area contributed by atoms with Crippen molar-refractivity contribution in [3.05, 3.63) is 52.2 Å². The molecule has 0 radical (unpaired) electrons. The van der Waals surface area contributed by atoms with Gasteiger partial charge in [0, 0.05) is 16.7 Å². The van der Waals surface area contributed by atoms with Crippen LogP contribution in [-0.2, 0) is 11.2 Å². The van der Waals surface area contributed by atoms with Crippen molar-refractivity contribution in [1.82, 2.24) is 19.6 Å². The monoisotopic (exact) mass is 368 g/mol. The van der Waals surface area contributed by atoms with Crippen LogP contribution in [0.25, 0.3) is 22.5 Å². The second-order valence-electron chi connectivity index (χ2n) is 5.29. The van der Waals surface area contributed by atoms with Crippen molar-refractivity contribution < 1.29 is 17.7 Å². The Balaban J connectivity index is 2.45. The molecule has 0 aliphatic heterocycles.